The fourth-order valence-corrected chi connectivity index (χ4v) is 3.44. The number of H-pyrrole nitrogens is 1. The van der Waals surface area contributed by atoms with Gasteiger partial charge in [0.2, 0.25) is 0 Å². The molecular formula is C12H24N4O2S2. The van der Waals surface area contributed by atoms with Gasteiger partial charge in [0, 0.05) is 18.7 Å². The van der Waals surface area contributed by atoms with Gasteiger partial charge in [-0.25, -0.2) is 13.1 Å². The first-order chi connectivity index (χ1) is 9.61. The van der Waals surface area contributed by atoms with E-state index in [2.05, 4.69) is 26.5 Å². The van der Waals surface area contributed by atoms with Crippen LogP contribution < -0.4 is 10.0 Å². The Hall–Kier alpha value is -0.570. The van der Waals surface area contributed by atoms with E-state index >= 15 is 0 Å². The molecule has 0 aromatic carbocycles. The predicted octanol–water partition coefficient (Wildman–Crippen LogP) is 1.33. The van der Waals surface area contributed by atoms with Crippen LogP contribution in [0.4, 0.5) is 0 Å². The van der Waals surface area contributed by atoms with Crippen molar-refractivity contribution in [3.05, 3.63) is 11.8 Å². The molecule has 116 valence electrons. The minimum Gasteiger partial charge on any atom is -0.313 e. The van der Waals surface area contributed by atoms with Crippen molar-refractivity contribution >= 4 is 21.8 Å². The highest BCUT2D eigenvalue weighted by molar-refractivity contribution is 7.98. The van der Waals surface area contributed by atoms with Crippen LogP contribution in [-0.4, -0.2) is 43.7 Å². The van der Waals surface area contributed by atoms with Crippen molar-refractivity contribution in [2.24, 2.45) is 0 Å². The number of hydrogen-bond acceptors (Lipinski definition) is 5. The molecule has 20 heavy (non-hydrogen) atoms. The highest BCUT2D eigenvalue weighted by Gasteiger charge is 2.19. The van der Waals surface area contributed by atoms with Crippen LogP contribution in [0, 0.1) is 0 Å². The molecule has 8 heteroatoms. The maximum absolute atomic E-state index is 12.2. The predicted molar refractivity (Wildman–Crippen MR) is 83.4 cm³/mol. The Morgan fingerprint density at radius 3 is 2.85 bits per heavy atom. The van der Waals surface area contributed by atoms with Crippen LogP contribution in [-0.2, 0) is 16.6 Å². The minimum absolute atomic E-state index is 0.169. The summed E-state index contributed by atoms with van der Waals surface area (Å²) in [7, 11) is -3.48. The van der Waals surface area contributed by atoms with Gasteiger partial charge in [0.05, 0.1) is 6.20 Å². The molecule has 0 amide bonds. The SMILES string of the molecule is CCNCc1cn[nH]c1S(=O)(=O)NCCCCCSC. The summed E-state index contributed by atoms with van der Waals surface area (Å²) in [4.78, 5) is 0. The maximum atomic E-state index is 12.2. The fraction of sp³-hybridized carbons (Fsp3) is 0.750. The smallest absolute Gasteiger partial charge is 0.257 e. The summed E-state index contributed by atoms with van der Waals surface area (Å²) >= 11 is 1.81. The van der Waals surface area contributed by atoms with E-state index in [0.29, 0.717) is 18.7 Å². The Kier molecular flexibility index (Phi) is 8.20. The van der Waals surface area contributed by atoms with Crippen LogP contribution >= 0.6 is 11.8 Å². The number of aromatic amines is 1. The zero-order valence-corrected chi connectivity index (χ0v) is 13.7. The maximum Gasteiger partial charge on any atom is 0.257 e. The van der Waals surface area contributed by atoms with E-state index in [1.54, 1.807) is 6.20 Å². The average molecular weight is 320 g/mol. The van der Waals surface area contributed by atoms with Gasteiger partial charge in [0.15, 0.2) is 5.03 Å². The van der Waals surface area contributed by atoms with Gasteiger partial charge in [0.1, 0.15) is 0 Å². The molecule has 0 aliphatic rings. The quantitative estimate of drug-likeness (QED) is 0.536. The monoisotopic (exact) mass is 320 g/mol. The third-order valence-corrected chi connectivity index (χ3v) is 5.00. The second-order valence-corrected chi connectivity index (χ2v) is 7.15. The van der Waals surface area contributed by atoms with Crippen molar-refractivity contribution < 1.29 is 8.42 Å². The zero-order valence-electron chi connectivity index (χ0n) is 12.1. The molecule has 0 aliphatic carbocycles. The Morgan fingerprint density at radius 1 is 1.35 bits per heavy atom. The first kappa shape index (κ1) is 17.5. The fourth-order valence-electron chi connectivity index (χ4n) is 1.74. The summed E-state index contributed by atoms with van der Waals surface area (Å²) in [5.74, 6) is 1.13. The number of unbranched alkanes of at least 4 members (excludes halogenated alkanes) is 2. The van der Waals surface area contributed by atoms with Crippen molar-refractivity contribution in [2.45, 2.75) is 37.8 Å². The molecule has 0 aliphatic heterocycles. The van der Waals surface area contributed by atoms with Gasteiger partial charge in [-0.05, 0) is 31.4 Å². The zero-order chi connectivity index (χ0) is 14.8. The minimum atomic E-state index is -3.48. The molecule has 3 N–H and O–H groups in total. The summed E-state index contributed by atoms with van der Waals surface area (Å²) in [5.41, 5.74) is 0.668. The molecule has 0 saturated carbocycles. The van der Waals surface area contributed by atoms with Crippen molar-refractivity contribution in [2.75, 3.05) is 25.1 Å². The molecule has 0 atom stereocenters. The second kappa shape index (κ2) is 9.38. The van der Waals surface area contributed by atoms with E-state index in [-0.39, 0.29) is 5.03 Å². The Balaban J connectivity index is 2.45. The molecule has 0 spiro atoms. The van der Waals surface area contributed by atoms with E-state index in [4.69, 9.17) is 0 Å². The molecule has 0 saturated heterocycles. The summed E-state index contributed by atoms with van der Waals surface area (Å²) < 4.78 is 26.9. The number of nitrogens with zero attached hydrogens (tertiary/aromatic N) is 1. The Bertz CT molecular complexity index is 474. The van der Waals surface area contributed by atoms with Gasteiger partial charge in [-0.3, -0.25) is 5.10 Å². The number of thioether (sulfide) groups is 1. The van der Waals surface area contributed by atoms with Crippen molar-refractivity contribution in [1.82, 2.24) is 20.2 Å². The number of nitrogens with one attached hydrogen (secondary N) is 3. The van der Waals surface area contributed by atoms with E-state index in [0.717, 1.165) is 31.6 Å². The Morgan fingerprint density at radius 2 is 2.15 bits per heavy atom. The number of rotatable bonds is 11. The van der Waals surface area contributed by atoms with Crippen molar-refractivity contribution in [1.29, 1.82) is 0 Å². The largest absolute Gasteiger partial charge is 0.313 e. The lowest BCUT2D eigenvalue weighted by Crippen LogP contribution is -2.27. The lowest BCUT2D eigenvalue weighted by Gasteiger charge is -2.07. The molecule has 1 heterocycles. The normalized spacial score (nSPS) is 11.9. The van der Waals surface area contributed by atoms with Crippen LogP contribution in [0.15, 0.2) is 11.2 Å². The highest BCUT2D eigenvalue weighted by Crippen LogP contribution is 2.11. The number of sulfonamides is 1. The summed E-state index contributed by atoms with van der Waals surface area (Å²) in [6.07, 6.45) is 6.65. The first-order valence-corrected chi connectivity index (χ1v) is 9.71. The van der Waals surface area contributed by atoms with Gasteiger partial charge < -0.3 is 5.32 Å². The lowest BCUT2D eigenvalue weighted by molar-refractivity contribution is 0.569. The van der Waals surface area contributed by atoms with E-state index in [9.17, 15) is 8.42 Å². The van der Waals surface area contributed by atoms with Crippen molar-refractivity contribution in [3.8, 4) is 0 Å². The van der Waals surface area contributed by atoms with E-state index in [1.165, 1.54) is 0 Å². The Labute approximate surface area is 125 Å². The van der Waals surface area contributed by atoms with Crippen LogP contribution in [0.25, 0.3) is 0 Å². The first-order valence-electron chi connectivity index (χ1n) is 6.83. The molecule has 1 aromatic rings. The topological polar surface area (TPSA) is 86.9 Å². The van der Waals surface area contributed by atoms with Gasteiger partial charge in [-0.15, -0.1) is 0 Å². The van der Waals surface area contributed by atoms with Gasteiger partial charge >= 0.3 is 0 Å². The van der Waals surface area contributed by atoms with Crippen LogP contribution in [0.5, 0.6) is 0 Å². The van der Waals surface area contributed by atoms with Gasteiger partial charge in [-0.1, -0.05) is 13.3 Å². The standard InChI is InChI=1S/C12H24N4O2S2/c1-3-13-9-11-10-14-16-12(11)20(17,18)15-7-5-4-6-8-19-2/h10,13,15H,3-9H2,1-2H3,(H,14,16). The lowest BCUT2D eigenvalue weighted by atomic mass is 10.2. The third kappa shape index (κ3) is 5.82. The summed E-state index contributed by atoms with van der Waals surface area (Å²) in [5, 5.41) is 9.66. The molecule has 6 nitrogen and oxygen atoms in total. The molecule has 0 fully saturated rings. The van der Waals surface area contributed by atoms with E-state index < -0.39 is 10.0 Å². The number of aromatic nitrogens is 2. The molecule has 0 unspecified atom stereocenters. The second-order valence-electron chi connectivity index (χ2n) is 4.46. The summed E-state index contributed by atoms with van der Waals surface area (Å²) in [6, 6.07) is 0. The van der Waals surface area contributed by atoms with Crippen LogP contribution in [0.1, 0.15) is 31.7 Å². The molecule has 0 bridgehead atoms. The van der Waals surface area contributed by atoms with Gasteiger partial charge in [0.25, 0.3) is 10.0 Å². The van der Waals surface area contributed by atoms with Gasteiger partial charge in [-0.2, -0.15) is 16.9 Å². The number of hydrogen-bond donors (Lipinski definition) is 3. The molecule has 1 rings (SSSR count). The van der Waals surface area contributed by atoms with Crippen molar-refractivity contribution in [3.63, 3.8) is 0 Å². The average Bonchev–Trinajstić information content (AvgIpc) is 2.89. The van der Waals surface area contributed by atoms with Crippen LogP contribution in [0.2, 0.25) is 0 Å². The highest BCUT2D eigenvalue weighted by atomic mass is 32.2. The third-order valence-electron chi connectivity index (χ3n) is 2.83. The molecular weight excluding hydrogens is 296 g/mol. The summed E-state index contributed by atoms with van der Waals surface area (Å²) in [6.45, 7) is 3.72. The molecule has 0 radical (unpaired) electrons. The van der Waals surface area contributed by atoms with Crippen LogP contribution in [0.3, 0.4) is 0 Å². The molecule has 1 aromatic heterocycles. The van der Waals surface area contributed by atoms with E-state index in [1.807, 2.05) is 18.7 Å².